The van der Waals surface area contributed by atoms with Crippen molar-refractivity contribution in [2.24, 2.45) is 0 Å². The first-order chi connectivity index (χ1) is 16.1. The van der Waals surface area contributed by atoms with E-state index >= 15 is 0 Å². The molecule has 1 aliphatic heterocycles. The topological polar surface area (TPSA) is 91.4 Å². The highest BCUT2D eigenvalue weighted by molar-refractivity contribution is 7.10. The van der Waals surface area contributed by atoms with E-state index in [1.54, 1.807) is 10.3 Å². The number of nitrogens with zero attached hydrogens (tertiary/aromatic N) is 2. The molecule has 0 bridgehead atoms. The molecule has 9 heteroatoms. The molecule has 1 saturated heterocycles. The van der Waals surface area contributed by atoms with Gasteiger partial charge < -0.3 is 4.90 Å². The van der Waals surface area contributed by atoms with Crippen LogP contribution in [0.3, 0.4) is 0 Å². The highest BCUT2D eigenvalue weighted by Crippen LogP contribution is 2.30. The largest absolute Gasteiger partial charge is 0.332 e. The van der Waals surface area contributed by atoms with Crippen LogP contribution in [-0.4, -0.2) is 40.7 Å². The molecule has 3 amide bonds. The number of hydrogen-bond acceptors (Lipinski definition) is 6. The Balaban J connectivity index is 1.24. The van der Waals surface area contributed by atoms with Gasteiger partial charge in [0.05, 0.1) is 11.4 Å². The molecule has 3 heterocycles. The molecular formula is C24H22N4O3S2. The average molecular weight is 479 g/mol. The zero-order chi connectivity index (χ0) is 23.0. The fraction of sp³-hybridized carbons (Fsp3) is 0.250. The van der Waals surface area contributed by atoms with Crippen LogP contribution in [0, 0.1) is 11.8 Å². The van der Waals surface area contributed by atoms with E-state index in [2.05, 4.69) is 27.7 Å². The van der Waals surface area contributed by atoms with Gasteiger partial charge in [0, 0.05) is 35.9 Å². The molecule has 168 valence electrons. The highest BCUT2D eigenvalue weighted by Gasteiger charge is 2.26. The van der Waals surface area contributed by atoms with Crippen LogP contribution in [0.1, 0.15) is 45.4 Å². The number of hydrogen-bond donors (Lipinski definition) is 2. The fourth-order valence-corrected chi connectivity index (χ4v) is 5.09. The second-order valence-electron chi connectivity index (χ2n) is 7.56. The van der Waals surface area contributed by atoms with Gasteiger partial charge >= 0.3 is 0 Å². The third-order valence-corrected chi connectivity index (χ3v) is 6.97. The van der Waals surface area contributed by atoms with Gasteiger partial charge in [-0.1, -0.05) is 24.1 Å². The summed E-state index contributed by atoms with van der Waals surface area (Å²) in [7, 11) is 0. The first-order valence-electron chi connectivity index (χ1n) is 10.5. The Bertz CT molecular complexity index is 1170. The summed E-state index contributed by atoms with van der Waals surface area (Å²) >= 11 is 2.94. The van der Waals surface area contributed by atoms with E-state index in [0.29, 0.717) is 13.1 Å². The van der Waals surface area contributed by atoms with Crippen molar-refractivity contribution < 1.29 is 14.4 Å². The predicted octanol–water partition coefficient (Wildman–Crippen LogP) is 2.97. The van der Waals surface area contributed by atoms with Crippen LogP contribution in [0.4, 0.5) is 0 Å². The van der Waals surface area contributed by atoms with Crippen molar-refractivity contribution in [2.75, 3.05) is 13.1 Å². The van der Waals surface area contributed by atoms with Gasteiger partial charge in [-0.25, -0.2) is 4.98 Å². The number of carbonyl (C=O) groups excluding carboxylic acids is 3. The third-order valence-electron chi connectivity index (χ3n) is 5.23. The first kappa shape index (κ1) is 22.7. The van der Waals surface area contributed by atoms with Crippen molar-refractivity contribution in [1.82, 2.24) is 20.7 Å². The number of aromatic nitrogens is 1. The van der Waals surface area contributed by atoms with E-state index < -0.39 is 5.91 Å². The summed E-state index contributed by atoms with van der Waals surface area (Å²) in [4.78, 5) is 42.9. The summed E-state index contributed by atoms with van der Waals surface area (Å²) < 4.78 is 0. The maximum atomic E-state index is 12.4. The molecule has 0 radical (unpaired) electrons. The van der Waals surface area contributed by atoms with Gasteiger partial charge in [0.25, 0.3) is 11.8 Å². The lowest BCUT2D eigenvalue weighted by molar-refractivity contribution is -0.126. The van der Waals surface area contributed by atoms with Gasteiger partial charge in [0.2, 0.25) is 5.91 Å². The zero-order valence-electron chi connectivity index (χ0n) is 17.7. The monoisotopic (exact) mass is 478 g/mol. The van der Waals surface area contributed by atoms with Crippen LogP contribution in [0.25, 0.3) is 0 Å². The Morgan fingerprint density at radius 2 is 1.85 bits per heavy atom. The fourth-order valence-electron chi connectivity index (χ4n) is 3.45. The normalized spacial score (nSPS) is 13.6. The number of piperidine rings is 1. The van der Waals surface area contributed by atoms with Crippen LogP contribution < -0.4 is 10.9 Å². The van der Waals surface area contributed by atoms with Gasteiger partial charge in [0.15, 0.2) is 0 Å². The van der Waals surface area contributed by atoms with E-state index in [4.69, 9.17) is 0 Å². The van der Waals surface area contributed by atoms with Crippen LogP contribution in [0.2, 0.25) is 0 Å². The molecule has 0 aliphatic carbocycles. The second kappa shape index (κ2) is 10.9. The van der Waals surface area contributed by atoms with Crippen molar-refractivity contribution in [3.63, 3.8) is 0 Å². The Morgan fingerprint density at radius 1 is 1.06 bits per heavy atom. The number of amides is 3. The lowest BCUT2D eigenvalue weighted by atomic mass is 9.97. The number of carbonyl (C=O) groups is 3. The summed E-state index contributed by atoms with van der Waals surface area (Å²) in [6, 6.07) is 11.3. The number of thiazole rings is 1. The molecule has 0 saturated carbocycles. The number of rotatable bonds is 4. The molecule has 0 spiro atoms. The summed E-state index contributed by atoms with van der Waals surface area (Å²) in [6.45, 7) is 1.21. The average Bonchev–Trinajstić information content (AvgIpc) is 3.54. The molecule has 0 atom stereocenters. The van der Waals surface area contributed by atoms with Gasteiger partial charge in [-0.05, 0) is 47.4 Å². The molecule has 1 aliphatic rings. The highest BCUT2D eigenvalue weighted by atomic mass is 32.1. The minimum absolute atomic E-state index is 0.172. The molecule has 7 nitrogen and oxygen atoms in total. The predicted molar refractivity (Wildman–Crippen MR) is 128 cm³/mol. The quantitative estimate of drug-likeness (QED) is 0.446. The van der Waals surface area contributed by atoms with Crippen LogP contribution in [0.15, 0.2) is 52.5 Å². The summed E-state index contributed by atoms with van der Waals surface area (Å²) in [6.07, 6.45) is 1.74. The molecule has 2 N–H and O–H groups in total. The molecule has 2 aromatic heterocycles. The summed E-state index contributed by atoms with van der Waals surface area (Å²) in [5.74, 6) is 4.91. The van der Waals surface area contributed by atoms with Crippen molar-refractivity contribution in [3.05, 3.63) is 74.4 Å². The van der Waals surface area contributed by atoms with Crippen LogP contribution in [0.5, 0.6) is 0 Å². The Morgan fingerprint density at radius 3 is 2.58 bits per heavy atom. The Kier molecular flexibility index (Phi) is 7.50. The molecular weight excluding hydrogens is 456 g/mol. The van der Waals surface area contributed by atoms with E-state index in [1.807, 2.05) is 47.2 Å². The Labute approximate surface area is 199 Å². The smallest absolute Gasteiger partial charge is 0.298 e. The van der Waals surface area contributed by atoms with E-state index in [-0.39, 0.29) is 29.8 Å². The van der Waals surface area contributed by atoms with E-state index in [1.165, 1.54) is 22.7 Å². The van der Waals surface area contributed by atoms with E-state index in [0.717, 1.165) is 29.0 Å². The molecule has 1 fully saturated rings. The van der Waals surface area contributed by atoms with E-state index in [9.17, 15) is 14.4 Å². The SMILES string of the molecule is O=C(Cc1ccsc1)NNC(=O)c1csc(C2CCN(C(=O)C#Cc3ccccc3)CC2)n1. The third kappa shape index (κ3) is 6.28. The van der Waals surface area contributed by atoms with Gasteiger partial charge in [-0.3, -0.25) is 25.2 Å². The van der Waals surface area contributed by atoms with Crippen molar-refractivity contribution in [3.8, 4) is 11.8 Å². The molecule has 1 aromatic carbocycles. The number of likely N-dealkylation sites (tertiary alicyclic amines) is 1. The van der Waals surface area contributed by atoms with Gasteiger partial charge in [-0.15, -0.1) is 11.3 Å². The number of hydrazine groups is 1. The summed E-state index contributed by atoms with van der Waals surface area (Å²) in [5, 5.41) is 6.35. The second-order valence-corrected chi connectivity index (χ2v) is 9.23. The first-order valence-corrected chi connectivity index (χ1v) is 12.3. The number of nitrogens with one attached hydrogen (secondary N) is 2. The lowest BCUT2D eigenvalue weighted by Gasteiger charge is -2.29. The standard InChI is InChI=1S/C24H22N4O3S2/c29-21(14-18-10-13-32-15-18)26-27-23(31)20-16-33-24(25-20)19-8-11-28(12-9-19)22(30)7-6-17-4-2-1-3-5-17/h1-5,10,13,15-16,19H,8-9,11-12,14H2,(H,26,29)(H,27,31). The van der Waals surface area contributed by atoms with Crippen molar-refractivity contribution in [1.29, 1.82) is 0 Å². The molecule has 4 rings (SSSR count). The molecule has 33 heavy (non-hydrogen) atoms. The summed E-state index contributed by atoms with van der Waals surface area (Å²) in [5.41, 5.74) is 6.84. The maximum absolute atomic E-state index is 12.4. The van der Waals surface area contributed by atoms with Gasteiger partial charge in [-0.2, -0.15) is 11.3 Å². The lowest BCUT2D eigenvalue weighted by Crippen LogP contribution is -2.42. The molecule has 0 unspecified atom stereocenters. The van der Waals surface area contributed by atoms with Gasteiger partial charge in [0.1, 0.15) is 5.69 Å². The van der Waals surface area contributed by atoms with Crippen LogP contribution >= 0.6 is 22.7 Å². The zero-order valence-corrected chi connectivity index (χ0v) is 19.4. The van der Waals surface area contributed by atoms with Crippen molar-refractivity contribution in [2.45, 2.75) is 25.2 Å². The Hall–Kier alpha value is -3.48. The number of thiophene rings is 1. The number of benzene rings is 1. The minimum Gasteiger partial charge on any atom is -0.332 e. The maximum Gasteiger partial charge on any atom is 0.298 e. The molecule has 3 aromatic rings. The van der Waals surface area contributed by atoms with Crippen molar-refractivity contribution >= 4 is 40.4 Å². The minimum atomic E-state index is -0.444. The van der Waals surface area contributed by atoms with Crippen LogP contribution in [-0.2, 0) is 16.0 Å².